The molecule has 0 radical (unpaired) electrons. The van der Waals surface area contributed by atoms with Crippen molar-refractivity contribution in [1.82, 2.24) is 0 Å². The summed E-state index contributed by atoms with van der Waals surface area (Å²) in [6.07, 6.45) is 11.7. The van der Waals surface area contributed by atoms with Crippen LogP contribution in [0.2, 0.25) is 0 Å². The Balaban J connectivity index is 1.19. The highest BCUT2D eigenvalue weighted by Crippen LogP contribution is 2.74. The second-order valence-corrected chi connectivity index (χ2v) is 17.9. The van der Waals surface area contributed by atoms with Crippen LogP contribution in [-0.4, -0.2) is 55.9 Å². The summed E-state index contributed by atoms with van der Waals surface area (Å²) < 4.78 is 0. The summed E-state index contributed by atoms with van der Waals surface area (Å²) in [6, 6.07) is 0. The molecule has 0 amide bonds. The molecular formula is C38H54O6. The first kappa shape index (κ1) is 30.0. The van der Waals surface area contributed by atoms with Gasteiger partial charge in [0.25, 0.3) is 0 Å². The molecule has 6 fully saturated rings. The van der Waals surface area contributed by atoms with Crippen molar-refractivity contribution in [2.75, 3.05) is 0 Å². The zero-order valence-corrected chi connectivity index (χ0v) is 27.2. The van der Waals surface area contributed by atoms with Gasteiger partial charge in [-0.2, -0.15) is 0 Å². The van der Waals surface area contributed by atoms with Crippen molar-refractivity contribution in [3.63, 3.8) is 0 Å². The van der Waals surface area contributed by atoms with Crippen molar-refractivity contribution in [3.05, 3.63) is 23.3 Å². The fourth-order valence-electron chi connectivity index (χ4n) is 14.7. The van der Waals surface area contributed by atoms with Gasteiger partial charge in [-0.15, -0.1) is 0 Å². The number of hydrogen-bond donors (Lipinski definition) is 4. The van der Waals surface area contributed by atoms with Crippen molar-refractivity contribution >= 4 is 11.6 Å². The molecular weight excluding hydrogens is 552 g/mol. The summed E-state index contributed by atoms with van der Waals surface area (Å²) >= 11 is 0. The molecule has 0 bridgehead atoms. The maximum absolute atomic E-state index is 13.5. The number of rotatable bonds is 1. The molecule has 8 aliphatic rings. The maximum atomic E-state index is 13.5. The number of fused-ring (bicyclic) bond motifs is 10. The van der Waals surface area contributed by atoms with Gasteiger partial charge in [-0.25, -0.2) is 0 Å². The minimum Gasteiger partial charge on any atom is -0.393 e. The third-order valence-corrected chi connectivity index (χ3v) is 16.7. The van der Waals surface area contributed by atoms with E-state index < -0.39 is 28.6 Å². The lowest BCUT2D eigenvalue weighted by Crippen LogP contribution is -2.67. The largest absolute Gasteiger partial charge is 0.393 e. The molecule has 8 aliphatic carbocycles. The van der Waals surface area contributed by atoms with Gasteiger partial charge >= 0.3 is 0 Å². The van der Waals surface area contributed by atoms with Crippen LogP contribution >= 0.6 is 0 Å². The van der Waals surface area contributed by atoms with Gasteiger partial charge in [0.15, 0.2) is 11.6 Å². The molecule has 8 rings (SSSR count). The van der Waals surface area contributed by atoms with E-state index >= 15 is 0 Å². The number of aliphatic hydroxyl groups excluding tert-OH is 3. The average molecular weight is 607 g/mol. The molecule has 4 N–H and O–H groups in total. The van der Waals surface area contributed by atoms with Crippen LogP contribution in [0.5, 0.6) is 0 Å². The molecule has 0 aromatic carbocycles. The summed E-state index contributed by atoms with van der Waals surface area (Å²) in [5, 5.41) is 48.5. The standard InChI is InChI=1S/C38H54O6/c1-34-13-11-22(39)15-20(34)5-7-25-27-12-14-38(44,36(27,3)19-29(42)32(25)34)30-17-23(40)16-21-6-8-24-26-9-10-31(43)35(26,2)18-28(41)33(24)37(21,30)4/h15-16,24-33,41-44H,5-14,17-19H2,1-4H3/t24-,25-,26-,27-,28?,29?,30?,31-,32-,33+,34-,35-,36-,37+,38?/m0/s1. The van der Waals surface area contributed by atoms with Gasteiger partial charge in [0.1, 0.15) is 0 Å². The summed E-state index contributed by atoms with van der Waals surface area (Å²) in [5.41, 5.74) is -0.324. The van der Waals surface area contributed by atoms with Crippen LogP contribution in [0.4, 0.5) is 0 Å². The van der Waals surface area contributed by atoms with Crippen molar-refractivity contribution in [1.29, 1.82) is 0 Å². The first-order valence-electron chi connectivity index (χ1n) is 17.9. The van der Waals surface area contributed by atoms with E-state index in [9.17, 15) is 30.0 Å². The Morgan fingerprint density at radius 2 is 1.36 bits per heavy atom. The summed E-state index contributed by atoms with van der Waals surface area (Å²) in [6.45, 7) is 8.93. The predicted octanol–water partition coefficient (Wildman–Crippen LogP) is 5.31. The van der Waals surface area contributed by atoms with E-state index in [1.165, 1.54) is 5.57 Å². The second-order valence-electron chi connectivity index (χ2n) is 17.9. The first-order valence-corrected chi connectivity index (χ1v) is 17.9. The highest BCUT2D eigenvalue weighted by Gasteiger charge is 2.73. The zero-order valence-electron chi connectivity index (χ0n) is 27.2. The monoisotopic (exact) mass is 606 g/mol. The first-order chi connectivity index (χ1) is 20.7. The molecule has 0 aromatic heterocycles. The van der Waals surface area contributed by atoms with Crippen LogP contribution in [0.1, 0.15) is 111 Å². The Morgan fingerprint density at radius 1 is 0.705 bits per heavy atom. The third-order valence-electron chi connectivity index (χ3n) is 16.7. The Hall–Kier alpha value is -1.34. The zero-order chi connectivity index (χ0) is 31.2. The molecule has 6 nitrogen and oxygen atoms in total. The van der Waals surface area contributed by atoms with E-state index in [4.69, 9.17) is 0 Å². The van der Waals surface area contributed by atoms with Crippen molar-refractivity contribution in [2.45, 2.75) is 135 Å². The SMILES string of the molecule is C[C@]12CC(O)[C@H]3[C@@H](CCC4=CC(=O)CC(C5(O)CC[C@H]6[C@@H]7CCC8=CC(=O)CC[C@]8(C)[C@@H]7C(O)C[C@@]65C)[C@@]43C)[C@@H]1CC[C@@H]2O. The Bertz CT molecular complexity index is 1350. The third kappa shape index (κ3) is 3.53. The molecule has 15 atom stereocenters. The highest BCUT2D eigenvalue weighted by atomic mass is 16.3. The molecule has 6 saturated carbocycles. The van der Waals surface area contributed by atoms with E-state index in [0.29, 0.717) is 31.6 Å². The van der Waals surface area contributed by atoms with Gasteiger partial charge in [-0.1, -0.05) is 38.8 Å². The van der Waals surface area contributed by atoms with Crippen LogP contribution in [0.15, 0.2) is 23.3 Å². The molecule has 242 valence electrons. The minimum atomic E-state index is -1.13. The summed E-state index contributed by atoms with van der Waals surface area (Å²) in [7, 11) is 0. The number of carbonyl (C=O) groups is 2. The van der Waals surface area contributed by atoms with Gasteiger partial charge in [0, 0.05) is 29.6 Å². The molecule has 0 spiro atoms. The maximum Gasteiger partial charge on any atom is 0.156 e. The smallest absolute Gasteiger partial charge is 0.156 e. The molecule has 0 aromatic rings. The lowest BCUT2D eigenvalue weighted by molar-refractivity contribution is -0.224. The fraction of sp³-hybridized carbons (Fsp3) is 0.842. The Morgan fingerprint density at radius 3 is 2.11 bits per heavy atom. The topological polar surface area (TPSA) is 115 Å². The molecule has 4 unspecified atom stereocenters. The van der Waals surface area contributed by atoms with E-state index in [0.717, 1.165) is 56.9 Å². The van der Waals surface area contributed by atoms with Crippen LogP contribution in [-0.2, 0) is 9.59 Å². The molecule has 0 heterocycles. The minimum absolute atomic E-state index is 0.0574. The van der Waals surface area contributed by atoms with Crippen LogP contribution in [0.25, 0.3) is 0 Å². The normalized spacial score (nSPS) is 58.1. The highest BCUT2D eigenvalue weighted by molar-refractivity contribution is 5.92. The molecule has 0 saturated heterocycles. The summed E-state index contributed by atoms with van der Waals surface area (Å²) in [4.78, 5) is 25.9. The number of hydrogen-bond acceptors (Lipinski definition) is 6. The summed E-state index contributed by atoms with van der Waals surface area (Å²) in [5.74, 6) is 1.13. The van der Waals surface area contributed by atoms with Crippen LogP contribution in [0, 0.1) is 63.1 Å². The van der Waals surface area contributed by atoms with Crippen LogP contribution in [0.3, 0.4) is 0 Å². The lowest BCUT2D eigenvalue weighted by Gasteiger charge is -2.66. The fourth-order valence-corrected chi connectivity index (χ4v) is 14.7. The average Bonchev–Trinajstić information content (AvgIpc) is 3.40. The van der Waals surface area contributed by atoms with E-state index in [2.05, 4.69) is 27.7 Å². The van der Waals surface area contributed by atoms with Crippen molar-refractivity contribution < 1.29 is 30.0 Å². The Labute approximate surface area is 262 Å². The number of carbonyl (C=O) groups excluding carboxylic acids is 2. The van der Waals surface area contributed by atoms with Gasteiger partial charge < -0.3 is 20.4 Å². The van der Waals surface area contributed by atoms with Gasteiger partial charge in [0.05, 0.1) is 23.9 Å². The Kier molecular flexibility index (Phi) is 6.40. The quantitative estimate of drug-likeness (QED) is 0.322. The molecule has 6 heteroatoms. The predicted molar refractivity (Wildman–Crippen MR) is 166 cm³/mol. The van der Waals surface area contributed by atoms with Crippen LogP contribution < -0.4 is 0 Å². The molecule has 0 aliphatic heterocycles. The van der Waals surface area contributed by atoms with E-state index in [1.807, 2.05) is 12.2 Å². The number of allylic oxidation sites excluding steroid dienone is 2. The van der Waals surface area contributed by atoms with Crippen molar-refractivity contribution in [2.24, 2.45) is 63.1 Å². The molecule has 44 heavy (non-hydrogen) atoms. The van der Waals surface area contributed by atoms with E-state index in [1.54, 1.807) is 0 Å². The second kappa shape index (κ2) is 9.39. The van der Waals surface area contributed by atoms with E-state index in [-0.39, 0.29) is 70.4 Å². The number of aliphatic hydroxyl groups is 4. The van der Waals surface area contributed by atoms with Gasteiger partial charge in [-0.05, 0) is 129 Å². The van der Waals surface area contributed by atoms with Crippen molar-refractivity contribution in [3.8, 4) is 0 Å². The lowest BCUT2D eigenvalue weighted by atomic mass is 9.39. The van der Waals surface area contributed by atoms with Gasteiger partial charge in [-0.3, -0.25) is 9.59 Å². The number of ketones is 2. The van der Waals surface area contributed by atoms with Gasteiger partial charge in [0.2, 0.25) is 0 Å².